The zero-order valence-corrected chi connectivity index (χ0v) is 9.22. The average molecular weight is 238 g/mol. The van der Waals surface area contributed by atoms with Crippen LogP contribution in [0.1, 0.15) is 13.8 Å². The molecule has 2 atom stereocenters. The maximum absolute atomic E-state index is 8.41. The highest BCUT2D eigenvalue weighted by atomic mass is 17.1. The van der Waals surface area contributed by atoms with Gasteiger partial charge in [0.1, 0.15) is 0 Å². The Kier molecular flexibility index (Phi) is 5.02. The van der Waals surface area contributed by atoms with E-state index in [1.165, 1.54) is 0 Å². The van der Waals surface area contributed by atoms with Crippen molar-refractivity contribution in [2.45, 2.75) is 13.8 Å². The van der Waals surface area contributed by atoms with E-state index in [1.54, 1.807) is 0 Å². The molecule has 0 heterocycles. The van der Waals surface area contributed by atoms with E-state index in [0.29, 0.717) is 11.8 Å². The van der Waals surface area contributed by atoms with Crippen molar-refractivity contribution in [1.29, 1.82) is 0 Å². The molecule has 1 aliphatic rings. The highest BCUT2D eigenvalue weighted by Crippen LogP contribution is 2.51. The van der Waals surface area contributed by atoms with Crippen LogP contribution in [0.25, 0.3) is 0 Å². The summed E-state index contributed by atoms with van der Waals surface area (Å²) >= 11 is 0. The molecule has 0 aromatic rings. The van der Waals surface area contributed by atoms with Crippen molar-refractivity contribution in [2.75, 3.05) is 13.2 Å². The van der Waals surface area contributed by atoms with Crippen LogP contribution >= 0.6 is 0 Å². The normalized spacial score (nSPS) is 29.4. The molecular weight excluding hydrogens is 220 g/mol. The molecule has 16 heavy (non-hydrogen) atoms. The molecule has 1 aliphatic carbocycles. The predicted octanol–water partition coefficient (Wildman–Crippen LogP) is 0.529. The number of hydrogen-bond acceptors (Lipinski definition) is 8. The van der Waals surface area contributed by atoms with E-state index < -0.39 is 0 Å². The smallest absolute Gasteiger partial charge is 0.0770 e. The van der Waals surface area contributed by atoms with Crippen LogP contribution in [-0.4, -0.2) is 44.8 Å². The summed E-state index contributed by atoms with van der Waals surface area (Å²) in [5.41, 5.74) is 0. The van der Waals surface area contributed by atoms with Crippen LogP contribution in [-0.2, 0) is 9.68 Å². The van der Waals surface area contributed by atoms with Gasteiger partial charge >= 0.3 is 0 Å². The fraction of sp³-hybridized carbons (Fsp3) is 1.00. The van der Waals surface area contributed by atoms with Gasteiger partial charge in [0.25, 0.3) is 0 Å². The van der Waals surface area contributed by atoms with Crippen LogP contribution in [0.5, 0.6) is 0 Å². The maximum atomic E-state index is 8.41. The molecule has 0 bridgehead atoms. The lowest BCUT2D eigenvalue weighted by molar-refractivity contribution is -0.496. The third-order valence-corrected chi connectivity index (χ3v) is 2.93. The Bertz CT molecular complexity index is 195. The summed E-state index contributed by atoms with van der Waals surface area (Å²) in [6, 6.07) is 0. The Labute approximate surface area is 92.9 Å². The Hall–Kier alpha value is -0.320. The zero-order chi connectivity index (χ0) is 12.3. The Morgan fingerprint density at radius 2 is 1.31 bits per heavy atom. The van der Waals surface area contributed by atoms with Gasteiger partial charge < -0.3 is 0 Å². The van der Waals surface area contributed by atoms with Crippen molar-refractivity contribution in [3.8, 4) is 0 Å². The Morgan fingerprint density at radius 3 is 1.56 bits per heavy atom. The average Bonchev–Trinajstić information content (AvgIpc) is 2.84. The van der Waals surface area contributed by atoms with E-state index in [0.717, 1.165) is 0 Å². The lowest BCUT2D eigenvalue weighted by Gasteiger charge is -2.06. The van der Waals surface area contributed by atoms with Crippen molar-refractivity contribution in [2.24, 2.45) is 23.7 Å². The molecule has 1 fully saturated rings. The predicted molar refractivity (Wildman–Crippen MR) is 48.0 cm³/mol. The van der Waals surface area contributed by atoms with Gasteiger partial charge in [-0.2, -0.15) is 0 Å². The summed E-state index contributed by atoms with van der Waals surface area (Å²) < 4.78 is 0. The number of nitrogens with zero attached hydrogens (tertiary/aromatic N) is 2. The van der Waals surface area contributed by atoms with Gasteiger partial charge in [-0.05, 0) is 23.7 Å². The summed E-state index contributed by atoms with van der Waals surface area (Å²) in [5.74, 6) is 0.919. The van der Waals surface area contributed by atoms with Gasteiger partial charge in [0.2, 0.25) is 0 Å². The van der Waals surface area contributed by atoms with Gasteiger partial charge in [-0.3, -0.25) is 30.5 Å². The Balaban J connectivity index is 2.31. The van der Waals surface area contributed by atoms with Crippen molar-refractivity contribution in [3.63, 3.8) is 0 Å². The molecule has 0 spiro atoms. The Morgan fingerprint density at radius 1 is 0.938 bits per heavy atom. The van der Waals surface area contributed by atoms with Crippen LogP contribution in [0.3, 0.4) is 0 Å². The summed E-state index contributed by atoms with van der Waals surface area (Å²) in [5, 5.41) is 33.0. The molecule has 8 nitrogen and oxygen atoms in total. The van der Waals surface area contributed by atoms with Gasteiger partial charge in [-0.1, -0.05) is 13.8 Å². The first-order valence-corrected chi connectivity index (χ1v) is 5.05. The minimum atomic E-state index is -0.321. The van der Waals surface area contributed by atoms with E-state index in [1.807, 2.05) is 13.8 Å². The summed E-state index contributed by atoms with van der Waals surface area (Å²) in [7, 11) is 0. The maximum Gasteiger partial charge on any atom is 0.0770 e. The summed E-state index contributed by atoms with van der Waals surface area (Å²) in [6.07, 6.45) is 0. The van der Waals surface area contributed by atoms with Crippen LogP contribution in [0, 0.1) is 23.7 Å². The van der Waals surface area contributed by atoms with Crippen molar-refractivity contribution >= 4 is 0 Å². The van der Waals surface area contributed by atoms with Gasteiger partial charge in [0.15, 0.2) is 0 Å². The SMILES string of the molecule is CC(C)C1C(CON(O)O)C1CON(O)O. The fourth-order valence-corrected chi connectivity index (χ4v) is 2.24. The molecule has 8 heteroatoms. The lowest BCUT2D eigenvalue weighted by Crippen LogP contribution is -2.18. The molecule has 0 aromatic heterocycles. The first-order chi connectivity index (χ1) is 7.43. The van der Waals surface area contributed by atoms with E-state index >= 15 is 0 Å². The fourth-order valence-electron chi connectivity index (χ4n) is 2.24. The van der Waals surface area contributed by atoms with Crippen LogP contribution in [0.15, 0.2) is 0 Å². The van der Waals surface area contributed by atoms with Crippen molar-refractivity contribution in [1.82, 2.24) is 10.8 Å². The molecule has 96 valence electrons. The number of hydrogen-bond donors (Lipinski definition) is 4. The van der Waals surface area contributed by atoms with Crippen molar-refractivity contribution < 1.29 is 30.5 Å². The van der Waals surface area contributed by atoms with E-state index in [4.69, 9.17) is 20.8 Å². The quantitative estimate of drug-likeness (QED) is 0.476. The van der Waals surface area contributed by atoms with E-state index in [9.17, 15) is 0 Å². The van der Waals surface area contributed by atoms with E-state index in [2.05, 4.69) is 9.68 Å². The molecular formula is C8H18N2O6. The molecule has 4 N–H and O–H groups in total. The first kappa shape index (κ1) is 13.7. The summed E-state index contributed by atoms with van der Waals surface area (Å²) in [4.78, 5) is 9.07. The molecule has 0 aromatic carbocycles. The largest absolute Gasteiger partial charge is 0.266 e. The van der Waals surface area contributed by atoms with Gasteiger partial charge in [0, 0.05) is 0 Å². The van der Waals surface area contributed by atoms with Crippen LogP contribution in [0.4, 0.5) is 0 Å². The molecule has 0 saturated heterocycles. The standard InChI is InChI=1S/C8H18N2O6/c1-5(2)8-6(3-15-9(11)12)7(8)4-16-10(13)14/h5-8,11-14H,3-4H2,1-2H3. The minimum absolute atomic E-state index is 0.113. The molecule has 2 unspecified atom stereocenters. The minimum Gasteiger partial charge on any atom is -0.266 e. The van der Waals surface area contributed by atoms with E-state index in [-0.39, 0.29) is 35.8 Å². The third kappa shape index (κ3) is 3.92. The van der Waals surface area contributed by atoms with Crippen molar-refractivity contribution in [3.05, 3.63) is 0 Å². The second-order valence-electron chi connectivity index (χ2n) is 4.25. The molecule has 1 rings (SSSR count). The molecule has 0 amide bonds. The molecule has 0 radical (unpaired) electrons. The van der Waals surface area contributed by atoms with Gasteiger partial charge in [-0.15, -0.1) is 0 Å². The topological polar surface area (TPSA) is 106 Å². The highest BCUT2D eigenvalue weighted by molar-refractivity contribution is 4.98. The van der Waals surface area contributed by atoms with Crippen LogP contribution < -0.4 is 0 Å². The first-order valence-electron chi connectivity index (χ1n) is 5.05. The van der Waals surface area contributed by atoms with Crippen LogP contribution in [0.2, 0.25) is 0 Å². The third-order valence-electron chi connectivity index (χ3n) is 2.93. The number of rotatable bonds is 7. The zero-order valence-electron chi connectivity index (χ0n) is 9.22. The summed E-state index contributed by atoms with van der Waals surface area (Å²) in [6.45, 7) is 4.37. The second kappa shape index (κ2) is 5.84. The van der Waals surface area contributed by atoms with Gasteiger partial charge in [-0.25, -0.2) is 0 Å². The monoisotopic (exact) mass is 238 g/mol. The highest BCUT2D eigenvalue weighted by Gasteiger charge is 2.52. The lowest BCUT2D eigenvalue weighted by atomic mass is 10.1. The molecule has 0 aliphatic heterocycles. The van der Waals surface area contributed by atoms with Gasteiger partial charge in [0.05, 0.1) is 24.0 Å². The second-order valence-corrected chi connectivity index (χ2v) is 4.25. The molecule has 1 saturated carbocycles.